The number of hydrogen-bond donors (Lipinski definition) is 1. The predicted molar refractivity (Wildman–Crippen MR) is 70.2 cm³/mol. The van der Waals surface area contributed by atoms with E-state index in [1.165, 1.54) is 18.6 Å². The summed E-state index contributed by atoms with van der Waals surface area (Å²) in [5.74, 6) is 0.536. The molecule has 0 saturated carbocycles. The first-order valence-electron chi connectivity index (χ1n) is 6.38. The molecule has 0 spiro atoms. The highest BCUT2D eigenvalue weighted by atomic mass is 19.1. The van der Waals surface area contributed by atoms with Crippen molar-refractivity contribution in [2.24, 2.45) is 0 Å². The number of nitrogen functional groups attached to an aromatic ring is 1. The lowest BCUT2D eigenvalue weighted by molar-refractivity contribution is 0.426. The Balaban J connectivity index is 1.87. The van der Waals surface area contributed by atoms with E-state index in [1.54, 1.807) is 6.07 Å². The van der Waals surface area contributed by atoms with Crippen LogP contribution in [0, 0.1) is 5.82 Å². The molecule has 1 aromatic carbocycles. The van der Waals surface area contributed by atoms with Gasteiger partial charge in [-0.1, -0.05) is 0 Å². The van der Waals surface area contributed by atoms with Gasteiger partial charge in [0.2, 0.25) is 0 Å². The fourth-order valence-corrected chi connectivity index (χ4v) is 2.28. The zero-order chi connectivity index (χ0) is 13.2. The van der Waals surface area contributed by atoms with Crippen LogP contribution in [-0.2, 0) is 0 Å². The lowest BCUT2D eigenvalue weighted by atomic mass is 10.1. The predicted octanol–water partition coefficient (Wildman–Crippen LogP) is 2.45. The SMILES string of the molecule is Nc1cc(F)ccc1-c1nc(N2CCCCC2)no1. The zero-order valence-corrected chi connectivity index (χ0v) is 10.5. The van der Waals surface area contributed by atoms with E-state index in [9.17, 15) is 4.39 Å². The Labute approximate surface area is 110 Å². The summed E-state index contributed by atoms with van der Waals surface area (Å²) >= 11 is 0. The quantitative estimate of drug-likeness (QED) is 0.842. The van der Waals surface area contributed by atoms with Crippen LogP contribution in [0.2, 0.25) is 0 Å². The van der Waals surface area contributed by atoms with Gasteiger partial charge in [0.05, 0.1) is 5.56 Å². The third-order valence-corrected chi connectivity index (χ3v) is 3.30. The number of rotatable bonds is 2. The van der Waals surface area contributed by atoms with Gasteiger partial charge in [-0.15, -0.1) is 0 Å². The molecule has 0 aliphatic carbocycles. The van der Waals surface area contributed by atoms with Gasteiger partial charge in [0.1, 0.15) is 5.82 Å². The van der Waals surface area contributed by atoms with Gasteiger partial charge in [-0.05, 0) is 42.6 Å². The summed E-state index contributed by atoms with van der Waals surface area (Å²) < 4.78 is 18.2. The molecule has 0 radical (unpaired) electrons. The molecule has 2 N–H and O–H groups in total. The molecular formula is C13H15FN4O. The molecule has 1 saturated heterocycles. The second kappa shape index (κ2) is 4.87. The van der Waals surface area contributed by atoms with Crippen LogP contribution in [0.3, 0.4) is 0 Å². The van der Waals surface area contributed by atoms with Crippen molar-refractivity contribution in [2.75, 3.05) is 23.7 Å². The van der Waals surface area contributed by atoms with Crippen molar-refractivity contribution < 1.29 is 8.91 Å². The lowest BCUT2D eigenvalue weighted by Gasteiger charge is -2.24. The van der Waals surface area contributed by atoms with Crippen molar-refractivity contribution in [3.8, 4) is 11.5 Å². The Morgan fingerprint density at radius 1 is 1.21 bits per heavy atom. The van der Waals surface area contributed by atoms with Crippen LogP contribution in [0.25, 0.3) is 11.5 Å². The summed E-state index contributed by atoms with van der Waals surface area (Å²) in [7, 11) is 0. The highest BCUT2D eigenvalue weighted by molar-refractivity contribution is 5.70. The van der Waals surface area contributed by atoms with E-state index in [-0.39, 0.29) is 5.82 Å². The maximum absolute atomic E-state index is 13.0. The molecule has 19 heavy (non-hydrogen) atoms. The van der Waals surface area contributed by atoms with Crippen LogP contribution in [0.5, 0.6) is 0 Å². The van der Waals surface area contributed by atoms with Crippen molar-refractivity contribution in [1.29, 1.82) is 0 Å². The van der Waals surface area contributed by atoms with Crippen LogP contribution in [0.1, 0.15) is 19.3 Å². The third kappa shape index (κ3) is 2.38. The van der Waals surface area contributed by atoms with Crippen molar-refractivity contribution >= 4 is 11.6 Å². The van der Waals surface area contributed by atoms with Crippen molar-refractivity contribution in [2.45, 2.75) is 19.3 Å². The monoisotopic (exact) mass is 262 g/mol. The highest BCUT2D eigenvalue weighted by Crippen LogP contribution is 2.27. The van der Waals surface area contributed by atoms with Gasteiger partial charge >= 0.3 is 0 Å². The van der Waals surface area contributed by atoms with Crippen molar-refractivity contribution in [3.63, 3.8) is 0 Å². The molecule has 0 amide bonds. The molecule has 2 heterocycles. The van der Waals surface area contributed by atoms with Crippen LogP contribution in [0.4, 0.5) is 16.0 Å². The minimum atomic E-state index is -0.378. The van der Waals surface area contributed by atoms with Gasteiger partial charge in [-0.3, -0.25) is 0 Å². The third-order valence-electron chi connectivity index (χ3n) is 3.30. The number of aromatic nitrogens is 2. The summed E-state index contributed by atoms with van der Waals surface area (Å²) in [5, 5.41) is 3.97. The molecule has 100 valence electrons. The number of benzene rings is 1. The number of halogens is 1. The Hall–Kier alpha value is -2.11. The number of anilines is 2. The Kier molecular flexibility index (Phi) is 3.06. The Morgan fingerprint density at radius 2 is 2.00 bits per heavy atom. The fourth-order valence-electron chi connectivity index (χ4n) is 2.28. The van der Waals surface area contributed by atoms with Gasteiger partial charge in [0, 0.05) is 18.8 Å². The molecular weight excluding hydrogens is 247 g/mol. The van der Waals surface area contributed by atoms with Crippen molar-refractivity contribution in [1.82, 2.24) is 10.1 Å². The average molecular weight is 262 g/mol. The minimum Gasteiger partial charge on any atom is -0.398 e. The standard InChI is InChI=1S/C13H15FN4O/c14-9-4-5-10(11(15)8-9)12-16-13(17-19-12)18-6-2-1-3-7-18/h4-5,8H,1-3,6-7,15H2. The first kappa shape index (κ1) is 12.0. The molecule has 1 aliphatic rings. The second-order valence-corrected chi connectivity index (χ2v) is 4.68. The zero-order valence-electron chi connectivity index (χ0n) is 10.5. The average Bonchev–Trinajstić information content (AvgIpc) is 2.89. The fraction of sp³-hybridized carbons (Fsp3) is 0.385. The molecule has 3 rings (SSSR count). The molecule has 6 heteroatoms. The number of hydrogen-bond acceptors (Lipinski definition) is 5. The lowest BCUT2D eigenvalue weighted by Crippen LogP contribution is -2.30. The van der Waals surface area contributed by atoms with E-state index < -0.39 is 0 Å². The Morgan fingerprint density at radius 3 is 2.74 bits per heavy atom. The number of nitrogens with two attached hydrogens (primary N) is 1. The van der Waals surface area contributed by atoms with E-state index in [0.717, 1.165) is 25.9 Å². The summed E-state index contributed by atoms with van der Waals surface area (Å²) in [4.78, 5) is 6.43. The first-order valence-corrected chi connectivity index (χ1v) is 6.38. The van der Waals surface area contributed by atoms with Gasteiger partial charge in [0.25, 0.3) is 11.8 Å². The normalized spacial score (nSPS) is 15.7. The summed E-state index contributed by atoms with van der Waals surface area (Å²) in [6.07, 6.45) is 3.53. The molecule has 2 aromatic rings. The topological polar surface area (TPSA) is 68.2 Å². The smallest absolute Gasteiger partial charge is 0.266 e. The van der Waals surface area contributed by atoms with E-state index >= 15 is 0 Å². The van der Waals surface area contributed by atoms with E-state index in [1.807, 2.05) is 0 Å². The summed E-state index contributed by atoms with van der Waals surface area (Å²) in [5.41, 5.74) is 6.63. The highest BCUT2D eigenvalue weighted by Gasteiger charge is 2.18. The van der Waals surface area contributed by atoms with Crippen LogP contribution >= 0.6 is 0 Å². The maximum Gasteiger partial charge on any atom is 0.266 e. The van der Waals surface area contributed by atoms with E-state index in [2.05, 4.69) is 15.0 Å². The maximum atomic E-state index is 13.0. The van der Waals surface area contributed by atoms with Crippen LogP contribution in [0.15, 0.2) is 22.7 Å². The van der Waals surface area contributed by atoms with Gasteiger partial charge in [-0.25, -0.2) is 4.39 Å². The first-order chi connectivity index (χ1) is 9.24. The Bertz CT molecular complexity index is 578. The van der Waals surface area contributed by atoms with Crippen LogP contribution in [-0.4, -0.2) is 23.2 Å². The molecule has 5 nitrogen and oxygen atoms in total. The molecule has 0 atom stereocenters. The van der Waals surface area contributed by atoms with Crippen LogP contribution < -0.4 is 10.6 Å². The van der Waals surface area contributed by atoms with Crippen molar-refractivity contribution in [3.05, 3.63) is 24.0 Å². The molecule has 1 aliphatic heterocycles. The minimum absolute atomic E-state index is 0.300. The summed E-state index contributed by atoms with van der Waals surface area (Å²) in [6.45, 7) is 1.88. The molecule has 1 aromatic heterocycles. The number of nitrogens with zero attached hydrogens (tertiary/aromatic N) is 3. The van der Waals surface area contributed by atoms with Gasteiger partial charge in [0.15, 0.2) is 0 Å². The van der Waals surface area contributed by atoms with E-state index in [4.69, 9.17) is 10.3 Å². The molecule has 1 fully saturated rings. The van der Waals surface area contributed by atoms with E-state index in [0.29, 0.717) is 23.1 Å². The number of piperidine rings is 1. The van der Waals surface area contributed by atoms with Gasteiger partial charge in [-0.2, -0.15) is 4.98 Å². The molecule has 0 bridgehead atoms. The second-order valence-electron chi connectivity index (χ2n) is 4.68. The molecule has 0 unspecified atom stereocenters. The largest absolute Gasteiger partial charge is 0.398 e. The van der Waals surface area contributed by atoms with Gasteiger partial charge < -0.3 is 15.2 Å². The summed E-state index contributed by atoms with van der Waals surface area (Å²) in [6, 6.07) is 4.13.